The molecule has 2 fully saturated rings. The Kier molecular flexibility index (Phi) is 2.87. The van der Waals surface area contributed by atoms with Gasteiger partial charge >= 0.3 is 0 Å². The first-order chi connectivity index (χ1) is 9.34. The van der Waals surface area contributed by atoms with Crippen molar-refractivity contribution in [1.29, 1.82) is 5.26 Å². The van der Waals surface area contributed by atoms with E-state index in [4.69, 9.17) is 5.26 Å². The van der Waals surface area contributed by atoms with Gasteiger partial charge < -0.3 is 4.90 Å². The Bertz CT molecular complexity index is 623. The van der Waals surface area contributed by atoms with Crippen LogP contribution in [-0.2, 0) is 0 Å². The largest absolute Gasteiger partial charge is 0.337 e. The van der Waals surface area contributed by atoms with E-state index >= 15 is 0 Å². The van der Waals surface area contributed by atoms with Crippen molar-refractivity contribution in [2.75, 3.05) is 13.1 Å². The van der Waals surface area contributed by atoms with E-state index < -0.39 is 5.92 Å². The van der Waals surface area contributed by atoms with Crippen molar-refractivity contribution in [3.63, 3.8) is 0 Å². The van der Waals surface area contributed by atoms with Crippen molar-refractivity contribution < 1.29 is 13.6 Å². The van der Waals surface area contributed by atoms with Gasteiger partial charge in [0.05, 0.1) is 17.2 Å². The normalized spacial score (nSPS) is 21.8. The van der Waals surface area contributed by atoms with Crippen LogP contribution in [-0.4, -0.2) is 29.8 Å². The van der Waals surface area contributed by atoms with E-state index in [1.807, 2.05) is 6.07 Å². The van der Waals surface area contributed by atoms with Crippen LogP contribution in [0.15, 0.2) is 22.7 Å². The predicted octanol–water partition coefficient (Wildman–Crippen LogP) is 3.19. The summed E-state index contributed by atoms with van der Waals surface area (Å²) in [6.07, 6.45) is -0.226. The minimum Gasteiger partial charge on any atom is -0.337 e. The summed E-state index contributed by atoms with van der Waals surface area (Å²) in [7, 11) is 0. The summed E-state index contributed by atoms with van der Waals surface area (Å²) in [5.74, 6) is -2.73. The summed E-state index contributed by atoms with van der Waals surface area (Å²) in [4.78, 5) is 13.8. The van der Waals surface area contributed by atoms with E-state index in [9.17, 15) is 13.6 Å². The topological polar surface area (TPSA) is 44.1 Å². The number of amides is 1. The molecule has 1 aliphatic heterocycles. The quantitative estimate of drug-likeness (QED) is 0.787. The standard InChI is InChI=1S/C14H11BrF2N2O/c15-11-3-9(4-18)1-2-10(11)12(20)19-7-13(8-19)5-14(16,17)6-13/h1-3H,5-8H2. The number of halogens is 3. The van der Waals surface area contributed by atoms with Gasteiger partial charge in [0.15, 0.2) is 0 Å². The molecule has 1 amide bonds. The van der Waals surface area contributed by atoms with Gasteiger partial charge in [-0.3, -0.25) is 4.79 Å². The third kappa shape index (κ3) is 2.10. The minimum atomic E-state index is -2.55. The van der Waals surface area contributed by atoms with Gasteiger partial charge in [-0.1, -0.05) is 0 Å². The first-order valence-corrected chi connectivity index (χ1v) is 7.00. The molecule has 1 saturated heterocycles. The van der Waals surface area contributed by atoms with Crippen molar-refractivity contribution in [3.05, 3.63) is 33.8 Å². The van der Waals surface area contributed by atoms with Crippen LogP contribution in [0, 0.1) is 16.7 Å². The Balaban J connectivity index is 1.69. The molecule has 1 saturated carbocycles. The second-order valence-electron chi connectivity index (χ2n) is 5.68. The lowest BCUT2D eigenvalue weighted by Gasteiger charge is -2.58. The number of hydrogen-bond acceptors (Lipinski definition) is 2. The van der Waals surface area contributed by atoms with Gasteiger partial charge in [0.1, 0.15) is 0 Å². The van der Waals surface area contributed by atoms with Crippen LogP contribution in [0.2, 0.25) is 0 Å². The van der Waals surface area contributed by atoms with E-state index in [0.717, 1.165) is 0 Å². The first-order valence-electron chi connectivity index (χ1n) is 6.21. The lowest BCUT2D eigenvalue weighted by atomic mass is 9.61. The van der Waals surface area contributed by atoms with E-state index in [1.165, 1.54) is 0 Å². The van der Waals surface area contributed by atoms with Crippen molar-refractivity contribution in [2.24, 2.45) is 5.41 Å². The molecule has 0 radical (unpaired) electrons. The molecular weight excluding hydrogens is 330 g/mol. The number of carbonyl (C=O) groups excluding carboxylic acids is 1. The van der Waals surface area contributed by atoms with Gasteiger partial charge in [-0.25, -0.2) is 8.78 Å². The number of carbonyl (C=O) groups is 1. The minimum absolute atomic E-state index is 0.113. The molecule has 104 valence electrons. The van der Waals surface area contributed by atoms with Crippen LogP contribution in [0.1, 0.15) is 28.8 Å². The number of benzene rings is 1. The van der Waals surface area contributed by atoms with E-state index in [0.29, 0.717) is 28.7 Å². The Morgan fingerprint density at radius 2 is 2.00 bits per heavy atom. The summed E-state index contributed by atoms with van der Waals surface area (Å²) < 4.78 is 26.4. The fourth-order valence-corrected chi connectivity index (χ4v) is 3.65. The van der Waals surface area contributed by atoms with Crippen LogP contribution < -0.4 is 0 Å². The third-order valence-corrected chi connectivity index (χ3v) is 4.59. The molecule has 0 atom stereocenters. The van der Waals surface area contributed by atoms with Crippen LogP contribution in [0.3, 0.4) is 0 Å². The SMILES string of the molecule is N#Cc1ccc(C(=O)N2CC3(C2)CC(F)(F)C3)c(Br)c1. The molecule has 0 aromatic heterocycles. The van der Waals surface area contributed by atoms with Gasteiger partial charge in [0.2, 0.25) is 5.92 Å². The molecule has 1 aromatic rings. The Labute approximate surface area is 123 Å². The number of rotatable bonds is 1. The molecule has 0 N–H and O–H groups in total. The fourth-order valence-electron chi connectivity index (χ4n) is 3.10. The van der Waals surface area contributed by atoms with Gasteiger partial charge in [-0.2, -0.15) is 5.26 Å². The summed E-state index contributed by atoms with van der Waals surface area (Å²) >= 11 is 3.27. The number of nitrogens with zero attached hydrogens (tertiary/aromatic N) is 2. The third-order valence-electron chi connectivity index (χ3n) is 3.94. The maximum Gasteiger partial charge on any atom is 0.255 e. The smallest absolute Gasteiger partial charge is 0.255 e. The van der Waals surface area contributed by atoms with Gasteiger partial charge in [-0.05, 0) is 34.1 Å². The van der Waals surface area contributed by atoms with E-state index in [-0.39, 0.29) is 24.2 Å². The van der Waals surface area contributed by atoms with Crippen molar-refractivity contribution in [1.82, 2.24) is 4.90 Å². The molecule has 0 unspecified atom stereocenters. The summed E-state index contributed by atoms with van der Waals surface area (Å²) in [6.45, 7) is 0.793. The van der Waals surface area contributed by atoms with E-state index in [2.05, 4.69) is 15.9 Å². The van der Waals surface area contributed by atoms with Crippen LogP contribution in [0.5, 0.6) is 0 Å². The molecule has 1 aromatic carbocycles. The second-order valence-corrected chi connectivity index (χ2v) is 6.53. The molecule has 20 heavy (non-hydrogen) atoms. The van der Waals surface area contributed by atoms with E-state index in [1.54, 1.807) is 23.1 Å². The van der Waals surface area contributed by atoms with Crippen LogP contribution in [0.25, 0.3) is 0 Å². The number of alkyl halides is 2. The van der Waals surface area contributed by atoms with Crippen LogP contribution >= 0.6 is 15.9 Å². The molecule has 1 heterocycles. The van der Waals surface area contributed by atoms with Gasteiger partial charge in [0, 0.05) is 35.8 Å². The summed E-state index contributed by atoms with van der Waals surface area (Å²) in [5.41, 5.74) is 0.565. The highest BCUT2D eigenvalue weighted by molar-refractivity contribution is 9.10. The Morgan fingerprint density at radius 3 is 2.50 bits per heavy atom. The lowest BCUT2D eigenvalue weighted by molar-refractivity contribution is -0.203. The average molecular weight is 341 g/mol. The zero-order valence-corrected chi connectivity index (χ0v) is 12.1. The van der Waals surface area contributed by atoms with Crippen molar-refractivity contribution >= 4 is 21.8 Å². The monoisotopic (exact) mass is 340 g/mol. The molecular formula is C14H11BrF2N2O. The highest BCUT2D eigenvalue weighted by atomic mass is 79.9. The maximum atomic E-state index is 12.9. The Morgan fingerprint density at radius 1 is 1.35 bits per heavy atom. The van der Waals surface area contributed by atoms with Crippen LogP contribution in [0.4, 0.5) is 8.78 Å². The summed E-state index contributed by atoms with van der Waals surface area (Å²) in [5, 5.41) is 8.78. The maximum absolute atomic E-state index is 12.9. The first kappa shape index (κ1) is 13.5. The molecule has 6 heteroatoms. The molecule has 1 spiro atoms. The molecule has 1 aliphatic carbocycles. The molecule has 3 rings (SSSR count). The average Bonchev–Trinajstić information content (AvgIpc) is 2.31. The Hall–Kier alpha value is -1.48. The number of hydrogen-bond donors (Lipinski definition) is 0. The lowest BCUT2D eigenvalue weighted by Crippen LogP contribution is -2.66. The molecule has 3 nitrogen and oxygen atoms in total. The highest BCUT2D eigenvalue weighted by Crippen LogP contribution is 2.56. The second kappa shape index (κ2) is 4.26. The predicted molar refractivity (Wildman–Crippen MR) is 71.4 cm³/mol. The highest BCUT2D eigenvalue weighted by Gasteiger charge is 2.62. The van der Waals surface area contributed by atoms with Gasteiger partial charge in [-0.15, -0.1) is 0 Å². The number of nitriles is 1. The van der Waals surface area contributed by atoms with Gasteiger partial charge in [0.25, 0.3) is 5.91 Å². The van der Waals surface area contributed by atoms with Crippen molar-refractivity contribution in [2.45, 2.75) is 18.8 Å². The number of likely N-dealkylation sites (tertiary alicyclic amines) is 1. The van der Waals surface area contributed by atoms with Crippen molar-refractivity contribution in [3.8, 4) is 6.07 Å². The summed E-state index contributed by atoms with van der Waals surface area (Å²) in [6, 6.07) is 6.74. The molecule has 2 aliphatic rings. The zero-order chi connectivity index (χ0) is 14.5. The molecule has 0 bridgehead atoms. The zero-order valence-electron chi connectivity index (χ0n) is 10.5. The fraction of sp³-hybridized carbons (Fsp3) is 0.429.